The molecule has 1 heterocycles. The first kappa shape index (κ1) is 36.6. The number of hydrogen-bond donors (Lipinski definition) is 8. The van der Waals surface area contributed by atoms with Gasteiger partial charge < -0.3 is 42.8 Å². The van der Waals surface area contributed by atoms with Crippen LogP contribution < -0.4 is 32.7 Å². The molecule has 3 aromatic rings. The van der Waals surface area contributed by atoms with Crippen molar-refractivity contribution in [2.45, 2.75) is 56.3 Å². The number of primary amides is 1. The Kier molecular flexibility index (Phi) is 14.2. The zero-order valence-electron chi connectivity index (χ0n) is 26.0. The van der Waals surface area contributed by atoms with Crippen LogP contribution in [0.5, 0.6) is 0 Å². The van der Waals surface area contributed by atoms with Crippen molar-refractivity contribution in [2.24, 2.45) is 11.5 Å². The van der Waals surface area contributed by atoms with Crippen molar-refractivity contribution in [3.05, 3.63) is 71.9 Å². The summed E-state index contributed by atoms with van der Waals surface area (Å²) in [5, 5.41) is 20.6. The second kappa shape index (κ2) is 18.3. The number of carbonyl (C=O) groups is 6. The Hall–Kier alpha value is -4.89. The number of nitrogens with one attached hydrogen (secondary N) is 5. The highest BCUT2D eigenvalue weighted by Gasteiger charge is 2.32. The first-order valence-corrected chi connectivity index (χ1v) is 16.4. The molecule has 3 rings (SSSR count). The van der Waals surface area contributed by atoms with E-state index in [0.717, 1.165) is 16.5 Å². The molecule has 1 aromatic heterocycles. The Bertz CT molecular complexity index is 1550. The van der Waals surface area contributed by atoms with Crippen molar-refractivity contribution < 1.29 is 33.9 Å². The molecule has 10 N–H and O–H groups in total. The van der Waals surface area contributed by atoms with Crippen LogP contribution in [0.4, 0.5) is 0 Å². The van der Waals surface area contributed by atoms with Gasteiger partial charge in [-0.25, -0.2) is 0 Å². The third-order valence-electron chi connectivity index (χ3n) is 7.32. The largest absolute Gasteiger partial charge is 0.481 e. The molecule has 0 aliphatic heterocycles. The molecule has 47 heavy (non-hydrogen) atoms. The Morgan fingerprint density at radius 2 is 1.43 bits per heavy atom. The number of aliphatic carboxylic acids is 1. The van der Waals surface area contributed by atoms with Crippen LogP contribution in [0.1, 0.15) is 30.4 Å². The molecule has 2 aromatic carbocycles. The van der Waals surface area contributed by atoms with Crippen LogP contribution in [0.25, 0.3) is 10.9 Å². The predicted molar refractivity (Wildman–Crippen MR) is 178 cm³/mol. The fourth-order valence-electron chi connectivity index (χ4n) is 4.91. The summed E-state index contributed by atoms with van der Waals surface area (Å²) < 4.78 is 0. The predicted octanol–water partition coefficient (Wildman–Crippen LogP) is -0.0458. The summed E-state index contributed by atoms with van der Waals surface area (Å²) in [5.41, 5.74) is 13.4. The lowest BCUT2D eigenvalue weighted by atomic mass is 10.0. The SMILES string of the molecule is CSCC[C@H](NC(=O)[C@H](Cc1c[nH]c2ccccc12)NC(=O)CCN)C(=O)N[C@@H](CC(=O)O)C(=O)N[C@@H](Cc1ccccc1)C(N)=O. The molecular formula is C32H41N7O7S. The maximum atomic E-state index is 13.6. The molecule has 0 bridgehead atoms. The van der Waals surface area contributed by atoms with Crippen LogP contribution in [0.3, 0.4) is 0 Å². The Morgan fingerprint density at radius 1 is 0.809 bits per heavy atom. The van der Waals surface area contributed by atoms with Gasteiger partial charge in [0.25, 0.3) is 0 Å². The summed E-state index contributed by atoms with van der Waals surface area (Å²) in [7, 11) is 0. The van der Waals surface area contributed by atoms with Gasteiger partial charge in [-0.3, -0.25) is 28.8 Å². The minimum absolute atomic E-state index is 0.0173. The van der Waals surface area contributed by atoms with Gasteiger partial charge in [0.1, 0.15) is 24.2 Å². The molecule has 15 heteroatoms. The second-order valence-electron chi connectivity index (χ2n) is 10.9. The highest BCUT2D eigenvalue weighted by Crippen LogP contribution is 2.19. The maximum absolute atomic E-state index is 13.6. The van der Waals surface area contributed by atoms with E-state index in [1.165, 1.54) is 11.8 Å². The molecule has 0 aliphatic carbocycles. The van der Waals surface area contributed by atoms with Gasteiger partial charge in [0.2, 0.25) is 29.5 Å². The smallest absolute Gasteiger partial charge is 0.305 e. The molecule has 0 aliphatic rings. The maximum Gasteiger partial charge on any atom is 0.305 e. The molecule has 0 spiro atoms. The third kappa shape index (κ3) is 11.4. The van der Waals surface area contributed by atoms with E-state index in [1.54, 1.807) is 42.8 Å². The van der Waals surface area contributed by atoms with Crippen molar-refractivity contribution in [1.29, 1.82) is 0 Å². The van der Waals surface area contributed by atoms with Crippen molar-refractivity contribution in [3.63, 3.8) is 0 Å². The number of nitrogens with two attached hydrogens (primary N) is 2. The number of para-hydroxylation sites is 1. The van der Waals surface area contributed by atoms with E-state index < -0.39 is 66.1 Å². The van der Waals surface area contributed by atoms with Crippen LogP contribution in [-0.4, -0.2) is 88.3 Å². The number of carbonyl (C=O) groups excluding carboxylic acids is 5. The first-order chi connectivity index (χ1) is 22.5. The lowest BCUT2D eigenvalue weighted by molar-refractivity contribution is -0.141. The molecule has 0 saturated heterocycles. The van der Waals surface area contributed by atoms with Gasteiger partial charge in [0, 0.05) is 42.9 Å². The summed E-state index contributed by atoms with van der Waals surface area (Å²) in [6.07, 6.45) is 3.02. The average Bonchev–Trinajstić information content (AvgIpc) is 3.44. The van der Waals surface area contributed by atoms with Crippen LogP contribution in [0.2, 0.25) is 0 Å². The van der Waals surface area contributed by atoms with E-state index in [2.05, 4.69) is 26.3 Å². The van der Waals surface area contributed by atoms with E-state index in [9.17, 15) is 33.9 Å². The van der Waals surface area contributed by atoms with Gasteiger partial charge in [0.15, 0.2) is 0 Å². The number of benzene rings is 2. The van der Waals surface area contributed by atoms with E-state index in [4.69, 9.17) is 11.5 Å². The van der Waals surface area contributed by atoms with Crippen molar-refractivity contribution in [2.75, 3.05) is 18.6 Å². The Morgan fingerprint density at radius 3 is 2.09 bits per heavy atom. The third-order valence-corrected chi connectivity index (χ3v) is 7.96. The first-order valence-electron chi connectivity index (χ1n) is 15.0. The number of aromatic amines is 1. The number of hydrogen-bond acceptors (Lipinski definition) is 8. The zero-order chi connectivity index (χ0) is 34.3. The van der Waals surface area contributed by atoms with E-state index in [0.29, 0.717) is 11.3 Å². The Labute approximate surface area is 276 Å². The zero-order valence-corrected chi connectivity index (χ0v) is 26.8. The second-order valence-corrected chi connectivity index (χ2v) is 11.9. The minimum atomic E-state index is -1.59. The topological polar surface area (TPSA) is 239 Å². The summed E-state index contributed by atoms with van der Waals surface area (Å²) in [5.74, 6) is -4.64. The molecule has 14 nitrogen and oxygen atoms in total. The highest BCUT2D eigenvalue weighted by atomic mass is 32.2. The molecule has 0 unspecified atom stereocenters. The van der Waals surface area contributed by atoms with Crippen LogP contribution in [0.15, 0.2) is 60.8 Å². The lowest BCUT2D eigenvalue weighted by Gasteiger charge is -2.26. The van der Waals surface area contributed by atoms with Crippen molar-refractivity contribution >= 4 is 58.2 Å². The number of thioether (sulfide) groups is 1. The van der Waals surface area contributed by atoms with Crippen LogP contribution >= 0.6 is 11.8 Å². The molecule has 5 amide bonds. The number of amides is 5. The number of fused-ring (bicyclic) bond motifs is 1. The monoisotopic (exact) mass is 667 g/mol. The molecular weight excluding hydrogens is 626 g/mol. The van der Waals surface area contributed by atoms with Crippen LogP contribution in [0, 0.1) is 0 Å². The molecule has 0 radical (unpaired) electrons. The van der Waals surface area contributed by atoms with Gasteiger partial charge in [-0.05, 0) is 35.6 Å². The lowest BCUT2D eigenvalue weighted by Crippen LogP contribution is -2.59. The van der Waals surface area contributed by atoms with Gasteiger partial charge in [-0.15, -0.1) is 0 Å². The summed E-state index contributed by atoms with van der Waals surface area (Å²) in [6, 6.07) is 11.2. The molecule has 0 saturated carbocycles. The average molecular weight is 668 g/mol. The van der Waals surface area contributed by atoms with E-state index in [1.807, 2.05) is 24.3 Å². The fourth-order valence-corrected chi connectivity index (χ4v) is 5.38. The summed E-state index contributed by atoms with van der Waals surface area (Å²) in [6.45, 7) is 0.0704. The normalized spacial score (nSPS) is 13.5. The van der Waals surface area contributed by atoms with Gasteiger partial charge >= 0.3 is 5.97 Å². The molecule has 0 fully saturated rings. The highest BCUT2D eigenvalue weighted by molar-refractivity contribution is 7.98. The number of H-pyrrole nitrogens is 1. The van der Waals surface area contributed by atoms with Gasteiger partial charge in [0.05, 0.1) is 6.42 Å². The van der Waals surface area contributed by atoms with E-state index in [-0.39, 0.29) is 32.2 Å². The number of rotatable bonds is 19. The molecule has 252 valence electrons. The van der Waals surface area contributed by atoms with Gasteiger partial charge in [-0.1, -0.05) is 48.5 Å². The standard InChI is InChI=1S/C32H41N7O7S/c1-47-14-12-23(37-31(45)25(36-27(40)11-13-33)16-20-18-35-22-10-6-5-9-21(20)22)30(44)39-26(17-28(41)42)32(46)38-24(29(34)43)15-19-7-3-2-4-8-19/h2-10,18,23-26,35H,11-17,33H2,1H3,(H2,34,43)(H,36,40)(H,37,45)(H,38,46)(H,39,44)(H,41,42)/t23-,24-,25-,26-/m0/s1. The summed E-state index contributed by atoms with van der Waals surface area (Å²) >= 11 is 1.41. The number of carboxylic acids is 1. The number of carboxylic acid groups (broad SMARTS) is 1. The van der Waals surface area contributed by atoms with E-state index >= 15 is 0 Å². The van der Waals surface area contributed by atoms with Crippen molar-refractivity contribution in [3.8, 4) is 0 Å². The summed E-state index contributed by atoms with van der Waals surface area (Å²) in [4.78, 5) is 79.8. The van der Waals surface area contributed by atoms with Crippen LogP contribution in [-0.2, 0) is 41.6 Å². The quantitative estimate of drug-likeness (QED) is 0.0854. The Balaban J connectivity index is 1.79. The van der Waals surface area contributed by atoms with Crippen molar-refractivity contribution in [1.82, 2.24) is 26.3 Å². The van der Waals surface area contributed by atoms with Gasteiger partial charge in [-0.2, -0.15) is 11.8 Å². The fraction of sp³-hybridized carbons (Fsp3) is 0.375. The number of aromatic nitrogens is 1. The molecule has 4 atom stereocenters. The minimum Gasteiger partial charge on any atom is -0.481 e.